The summed E-state index contributed by atoms with van der Waals surface area (Å²) in [6.45, 7) is 1.77. The summed E-state index contributed by atoms with van der Waals surface area (Å²) in [6.07, 6.45) is 3.38. The molecule has 0 bridgehead atoms. The van der Waals surface area contributed by atoms with Crippen molar-refractivity contribution in [3.8, 4) is 5.75 Å². The molecule has 1 atom stereocenters. The van der Waals surface area contributed by atoms with Gasteiger partial charge in [0.25, 0.3) is 5.91 Å². The Morgan fingerprint density at radius 2 is 1.86 bits per heavy atom. The third kappa shape index (κ3) is 5.85. The van der Waals surface area contributed by atoms with Crippen LogP contribution in [0.1, 0.15) is 32.6 Å². The second-order valence-electron chi connectivity index (χ2n) is 5.33. The van der Waals surface area contributed by atoms with Gasteiger partial charge in [-0.15, -0.1) is 12.4 Å². The first-order valence-corrected chi connectivity index (χ1v) is 7.82. The highest BCUT2D eigenvalue weighted by Crippen LogP contribution is 2.19. The summed E-state index contributed by atoms with van der Waals surface area (Å²) in [6, 6.07) is 7.99. The van der Waals surface area contributed by atoms with Gasteiger partial charge in [0, 0.05) is 16.6 Å². The van der Waals surface area contributed by atoms with Crippen LogP contribution in [-0.2, 0) is 4.79 Å². The molecule has 0 saturated heterocycles. The monoisotopic (exact) mass is 376 g/mol. The van der Waals surface area contributed by atoms with Crippen LogP contribution in [0.15, 0.2) is 28.7 Å². The van der Waals surface area contributed by atoms with Crippen LogP contribution in [0.2, 0.25) is 0 Å². The van der Waals surface area contributed by atoms with Gasteiger partial charge in [0.05, 0.1) is 0 Å². The molecule has 4 nitrogen and oxygen atoms in total. The Labute approximate surface area is 140 Å². The third-order valence-corrected chi connectivity index (χ3v) is 4.14. The molecular formula is C15H22BrClN2O2. The van der Waals surface area contributed by atoms with Crippen molar-refractivity contribution in [3.63, 3.8) is 0 Å². The number of nitrogens with two attached hydrogens (primary N) is 1. The van der Waals surface area contributed by atoms with E-state index in [-0.39, 0.29) is 24.4 Å². The highest BCUT2D eigenvalue weighted by molar-refractivity contribution is 9.10. The summed E-state index contributed by atoms with van der Waals surface area (Å²) in [4.78, 5) is 12.1. The molecule has 21 heavy (non-hydrogen) atoms. The lowest BCUT2D eigenvalue weighted by Gasteiger charge is -2.27. The van der Waals surface area contributed by atoms with E-state index in [0.29, 0.717) is 11.8 Å². The van der Waals surface area contributed by atoms with E-state index in [9.17, 15) is 4.79 Å². The molecule has 1 saturated carbocycles. The molecule has 0 spiro atoms. The average molecular weight is 378 g/mol. The molecule has 6 heteroatoms. The van der Waals surface area contributed by atoms with E-state index < -0.39 is 6.10 Å². The van der Waals surface area contributed by atoms with Gasteiger partial charge in [0.1, 0.15) is 5.75 Å². The minimum atomic E-state index is -0.494. The lowest BCUT2D eigenvalue weighted by atomic mass is 9.92. The molecule has 1 amide bonds. The first-order chi connectivity index (χ1) is 9.54. The number of carbonyl (C=O) groups is 1. The zero-order chi connectivity index (χ0) is 14.5. The summed E-state index contributed by atoms with van der Waals surface area (Å²) in [5.74, 6) is 0.634. The Morgan fingerprint density at radius 3 is 2.43 bits per heavy atom. The predicted octanol–water partition coefficient (Wildman–Crippen LogP) is 3.02. The molecule has 1 aliphatic rings. The topological polar surface area (TPSA) is 64.3 Å². The molecule has 2 rings (SSSR count). The summed E-state index contributed by atoms with van der Waals surface area (Å²) < 4.78 is 6.62. The Bertz CT molecular complexity index is 447. The van der Waals surface area contributed by atoms with Gasteiger partial charge in [-0.1, -0.05) is 15.9 Å². The predicted molar refractivity (Wildman–Crippen MR) is 89.9 cm³/mol. The van der Waals surface area contributed by atoms with Gasteiger partial charge in [-0.25, -0.2) is 0 Å². The Balaban J connectivity index is 0.00000220. The SMILES string of the molecule is CC(Oc1ccc(Br)cc1)C(=O)NC1CCC(N)CC1.Cl. The molecule has 118 valence electrons. The maximum Gasteiger partial charge on any atom is 0.260 e. The molecule has 0 aliphatic heterocycles. The van der Waals surface area contributed by atoms with Gasteiger partial charge in [0.2, 0.25) is 0 Å². The first-order valence-electron chi connectivity index (χ1n) is 7.03. The second-order valence-corrected chi connectivity index (χ2v) is 6.25. The third-order valence-electron chi connectivity index (χ3n) is 3.61. The van der Waals surface area contributed by atoms with Crippen molar-refractivity contribution in [1.29, 1.82) is 0 Å². The first kappa shape index (κ1) is 18.3. The fourth-order valence-corrected chi connectivity index (χ4v) is 2.62. The molecule has 0 aromatic heterocycles. The molecule has 0 radical (unpaired) electrons. The van der Waals surface area contributed by atoms with E-state index in [4.69, 9.17) is 10.5 Å². The van der Waals surface area contributed by atoms with Crippen LogP contribution in [0.4, 0.5) is 0 Å². The molecule has 1 fully saturated rings. The zero-order valence-corrected chi connectivity index (χ0v) is 14.5. The van der Waals surface area contributed by atoms with Crippen molar-refractivity contribution in [2.75, 3.05) is 0 Å². The van der Waals surface area contributed by atoms with Gasteiger partial charge >= 0.3 is 0 Å². The number of carbonyl (C=O) groups excluding carboxylic acids is 1. The summed E-state index contributed by atoms with van der Waals surface area (Å²) in [7, 11) is 0. The number of hydrogen-bond acceptors (Lipinski definition) is 3. The number of benzene rings is 1. The molecule has 3 N–H and O–H groups in total. The van der Waals surface area contributed by atoms with Crippen LogP contribution in [0.3, 0.4) is 0 Å². The summed E-state index contributed by atoms with van der Waals surface area (Å²) in [5.41, 5.74) is 5.86. The van der Waals surface area contributed by atoms with Crippen molar-refractivity contribution >= 4 is 34.2 Å². The van der Waals surface area contributed by atoms with Crippen LogP contribution >= 0.6 is 28.3 Å². The average Bonchev–Trinajstić information content (AvgIpc) is 2.44. The fraction of sp³-hybridized carbons (Fsp3) is 0.533. The van der Waals surface area contributed by atoms with E-state index in [1.165, 1.54) is 0 Å². The molecule has 1 aromatic rings. The van der Waals surface area contributed by atoms with Crippen molar-refractivity contribution in [3.05, 3.63) is 28.7 Å². The Kier molecular flexibility index (Phi) is 7.49. The molecular weight excluding hydrogens is 356 g/mol. The van der Waals surface area contributed by atoms with Crippen molar-refractivity contribution in [2.24, 2.45) is 5.73 Å². The van der Waals surface area contributed by atoms with Gasteiger partial charge in [-0.3, -0.25) is 4.79 Å². The minimum absolute atomic E-state index is 0. The van der Waals surface area contributed by atoms with Gasteiger partial charge in [0.15, 0.2) is 6.10 Å². The summed E-state index contributed by atoms with van der Waals surface area (Å²) >= 11 is 3.37. The number of rotatable bonds is 4. The molecule has 1 aliphatic carbocycles. The van der Waals surface area contributed by atoms with E-state index in [0.717, 1.165) is 30.2 Å². The minimum Gasteiger partial charge on any atom is -0.481 e. The smallest absolute Gasteiger partial charge is 0.260 e. The van der Waals surface area contributed by atoms with Gasteiger partial charge in [-0.2, -0.15) is 0 Å². The van der Waals surface area contributed by atoms with Crippen molar-refractivity contribution in [1.82, 2.24) is 5.32 Å². The van der Waals surface area contributed by atoms with E-state index in [1.54, 1.807) is 6.92 Å². The fourth-order valence-electron chi connectivity index (χ4n) is 2.35. The maximum absolute atomic E-state index is 12.1. The Morgan fingerprint density at radius 1 is 1.29 bits per heavy atom. The van der Waals surface area contributed by atoms with E-state index >= 15 is 0 Å². The number of halogens is 2. The van der Waals surface area contributed by atoms with Crippen molar-refractivity contribution in [2.45, 2.75) is 50.8 Å². The quantitative estimate of drug-likeness (QED) is 0.847. The highest BCUT2D eigenvalue weighted by atomic mass is 79.9. The second kappa shape index (κ2) is 8.61. The van der Waals surface area contributed by atoms with Gasteiger partial charge < -0.3 is 15.8 Å². The highest BCUT2D eigenvalue weighted by Gasteiger charge is 2.23. The number of ether oxygens (including phenoxy) is 1. The summed E-state index contributed by atoms with van der Waals surface area (Å²) in [5, 5.41) is 3.04. The van der Waals surface area contributed by atoms with Crippen LogP contribution < -0.4 is 15.8 Å². The van der Waals surface area contributed by atoms with Crippen LogP contribution in [-0.4, -0.2) is 24.1 Å². The number of hydrogen-bond donors (Lipinski definition) is 2. The molecule has 0 heterocycles. The van der Waals surface area contributed by atoms with E-state index in [2.05, 4.69) is 21.2 Å². The van der Waals surface area contributed by atoms with Crippen LogP contribution in [0, 0.1) is 0 Å². The number of amides is 1. The number of nitrogens with one attached hydrogen (secondary N) is 1. The zero-order valence-electron chi connectivity index (χ0n) is 12.0. The maximum atomic E-state index is 12.1. The van der Waals surface area contributed by atoms with Crippen molar-refractivity contribution < 1.29 is 9.53 Å². The largest absolute Gasteiger partial charge is 0.481 e. The molecule has 1 aromatic carbocycles. The van der Waals surface area contributed by atoms with Gasteiger partial charge in [-0.05, 0) is 56.9 Å². The molecule has 1 unspecified atom stereocenters. The van der Waals surface area contributed by atoms with Crippen LogP contribution in [0.5, 0.6) is 5.75 Å². The Hall–Kier alpha value is -0.780. The lowest BCUT2D eigenvalue weighted by Crippen LogP contribution is -2.45. The lowest BCUT2D eigenvalue weighted by molar-refractivity contribution is -0.128. The standard InChI is InChI=1S/C15H21BrN2O2.ClH/c1-10(20-14-8-2-11(16)3-9-14)15(19)18-13-6-4-12(17)5-7-13;/h2-3,8-10,12-13H,4-7,17H2,1H3,(H,18,19);1H. The van der Waals surface area contributed by atoms with E-state index in [1.807, 2.05) is 24.3 Å². The normalized spacial score (nSPS) is 22.8. The van der Waals surface area contributed by atoms with Crippen LogP contribution in [0.25, 0.3) is 0 Å².